The third kappa shape index (κ3) is 7.19. The molecule has 3 heteroatoms. The Kier molecular flexibility index (Phi) is 9.03. The summed E-state index contributed by atoms with van der Waals surface area (Å²) in [7, 11) is 0. The average molecular weight is 346 g/mol. The zero-order valence-electron chi connectivity index (χ0n) is 16.1. The van der Waals surface area contributed by atoms with Crippen molar-refractivity contribution in [1.82, 2.24) is 4.90 Å². The van der Waals surface area contributed by atoms with E-state index in [1.165, 1.54) is 44.1 Å². The highest BCUT2D eigenvalue weighted by molar-refractivity contribution is 5.73. The van der Waals surface area contributed by atoms with Crippen molar-refractivity contribution in [2.45, 2.75) is 83.8 Å². The average Bonchev–Trinajstić information content (AvgIpc) is 2.64. The van der Waals surface area contributed by atoms with E-state index < -0.39 is 0 Å². The monoisotopic (exact) mass is 345 g/mol. The number of ether oxygens (including phenoxy) is 1. The molecule has 2 rings (SSSR count). The van der Waals surface area contributed by atoms with Gasteiger partial charge in [-0.15, -0.1) is 0 Å². The van der Waals surface area contributed by atoms with E-state index in [0.717, 1.165) is 32.4 Å². The molecule has 1 aliphatic rings. The maximum atomic E-state index is 11.5. The van der Waals surface area contributed by atoms with E-state index in [-0.39, 0.29) is 18.1 Å². The SMILES string of the molecule is CCCCCCCCC(OC1CCN(C(C)=O)CC1)c1ccccc1. The van der Waals surface area contributed by atoms with Crippen molar-refractivity contribution in [2.24, 2.45) is 0 Å². The third-order valence-electron chi connectivity index (χ3n) is 5.24. The van der Waals surface area contributed by atoms with Crippen molar-refractivity contribution in [3.05, 3.63) is 35.9 Å². The Morgan fingerprint density at radius 1 is 1.08 bits per heavy atom. The van der Waals surface area contributed by atoms with Gasteiger partial charge in [-0.05, 0) is 24.8 Å². The van der Waals surface area contributed by atoms with Crippen molar-refractivity contribution in [1.29, 1.82) is 0 Å². The highest BCUT2D eigenvalue weighted by atomic mass is 16.5. The van der Waals surface area contributed by atoms with Gasteiger partial charge in [-0.2, -0.15) is 0 Å². The van der Waals surface area contributed by atoms with Crippen LogP contribution in [0.2, 0.25) is 0 Å². The van der Waals surface area contributed by atoms with Crippen molar-refractivity contribution >= 4 is 5.91 Å². The lowest BCUT2D eigenvalue weighted by Gasteiger charge is -2.33. The molecule has 1 saturated heterocycles. The summed E-state index contributed by atoms with van der Waals surface area (Å²) < 4.78 is 6.50. The molecule has 0 bridgehead atoms. The summed E-state index contributed by atoms with van der Waals surface area (Å²) in [4.78, 5) is 13.4. The second kappa shape index (κ2) is 11.3. The van der Waals surface area contributed by atoms with Crippen molar-refractivity contribution in [3.63, 3.8) is 0 Å². The van der Waals surface area contributed by atoms with Gasteiger partial charge in [0.15, 0.2) is 0 Å². The van der Waals surface area contributed by atoms with Crippen LogP contribution in [0, 0.1) is 0 Å². The Hall–Kier alpha value is -1.35. The van der Waals surface area contributed by atoms with Gasteiger partial charge in [0, 0.05) is 20.0 Å². The molecule has 0 aliphatic carbocycles. The first-order chi connectivity index (χ1) is 12.2. The summed E-state index contributed by atoms with van der Waals surface area (Å²) in [6.45, 7) is 5.58. The highest BCUT2D eigenvalue weighted by Gasteiger charge is 2.24. The first-order valence-corrected chi connectivity index (χ1v) is 10.2. The Morgan fingerprint density at radius 3 is 2.36 bits per heavy atom. The molecule has 3 nitrogen and oxygen atoms in total. The van der Waals surface area contributed by atoms with E-state index >= 15 is 0 Å². The van der Waals surface area contributed by atoms with E-state index in [1.807, 2.05) is 4.90 Å². The molecule has 25 heavy (non-hydrogen) atoms. The normalized spacial score (nSPS) is 16.8. The first kappa shape index (κ1) is 20.0. The van der Waals surface area contributed by atoms with Crippen LogP contribution in [0.3, 0.4) is 0 Å². The number of likely N-dealkylation sites (tertiary alicyclic amines) is 1. The maximum absolute atomic E-state index is 11.5. The van der Waals surface area contributed by atoms with Gasteiger partial charge in [0.25, 0.3) is 0 Å². The van der Waals surface area contributed by atoms with E-state index in [0.29, 0.717) is 0 Å². The van der Waals surface area contributed by atoms with E-state index in [1.54, 1.807) is 6.92 Å². The van der Waals surface area contributed by atoms with Gasteiger partial charge in [-0.1, -0.05) is 75.8 Å². The van der Waals surface area contributed by atoms with Crippen LogP contribution in [0.15, 0.2) is 30.3 Å². The molecule has 1 fully saturated rings. The topological polar surface area (TPSA) is 29.5 Å². The lowest BCUT2D eigenvalue weighted by atomic mass is 10.0. The fraction of sp³-hybridized carbons (Fsp3) is 0.682. The molecule has 1 aromatic carbocycles. The molecule has 1 unspecified atom stereocenters. The molecule has 0 radical (unpaired) electrons. The van der Waals surface area contributed by atoms with Gasteiger partial charge < -0.3 is 9.64 Å². The highest BCUT2D eigenvalue weighted by Crippen LogP contribution is 2.28. The van der Waals surface area contributed by atoms with Gasteiger partial charge in [0.1, 0.15) is 0 Å². The molecule has 1 heterocycles. The summed E-state index contributed by atoms with van der Waals surface area (Å²) >= 11 is 0. The number of hydrogen-bond donors (Lipinski definition) is 0. The fourth-order valence-corrected chi connectivity index (χ4v) is 3.63. The summed E-state index contributed by atoms with van der Waals surface area (Å²) in [5.41, 5.74) is 1.30. The minimum absolute atomic E-state index is 0.185. The van der Waals surface area contributed by atoms with Crippen LogP contribution in [0.5, 0.6) is 0 Å². The minimum atomic E-state index is 0.185. The Balaban J connectivity index is 1.82. The third-order valence-corrected chi connectivity index (χ3v) is 5.24. The van der Waals surface area contributed by atoms with E-state index in [4.69, 9.17) is 4.74 Å². The molecular weight excluding hydrogens is 310 g/mol. The van der Waals surface area contributed by atoms with Crippen LogP contribution in [0.4, 0.5) is 0 Å². The maximum Gasteiger partial charge on any atom is 0.219 e. The fourth-order valence-electron chi connectivity index (χ4n) is 3.63. The molecule has 0 saturated carbocycles. The number of carbonyl (C=O) groups excluding carboxylic acids is 1. The lowest BCUT2D eigenvalue weighted by Crippen LogP contribution is -2.40. The quantitative estimate of drug-likeness (QED) is 0.524. The van der Waals surface area contributed by atoms with Crippen LogP contribution in [-0.4, -0.2) is 30.0 Å². The van der Waals surface area contributed by atoms with Crippen LogP contribution in [0.1, 0.15) is 83.3 Å². The van der Waals surface area contributed by atoms with E-state index in [2.05, 4.69) is 37.3 Å². The first-order valence-electron chi connectivity index (χ1n) is 10.2. The predicted octanol–water partition coefficient (Wildman–Crippen LogP) is 5.51. The zero-order chi connectivity index (χ0) is 17.9. The second-order valence-electron chi connectivity index (χ2n) is 7.30. The molecule has 1 atom stereocenters. The largest absolute Gasteiger partial charge is 0.370 e. The van der Waals surface area contributed by atoms with Crippen LogP contribution < -0.4 is 0 Å². The van der Waals surface area contributed by atoms with Gasteiger partial charge in [-0.25, -0.2) is 0 Å². The number of hydrogen-bond acceptors (Lipinski definition) is 2. The Bertz CT molecular complexity index is 480. The molecule has 0 spiro atoms. The zero-order valence-corrected chi connectivity index (χ0v) is 16.1. The lowest BCUT2D eigenvalue weighted by molar-refractivity contribution is -0.132. The summed E-state index contributed by atoms with van der Waals surface area (Å²) in [6.07, 6.45) is 11.4. The summed E-state index contributed by atoms with van der Waals surface area (Å²) in [5.74, 6) is 0.185. The predicted molar refractivity (Wildman–Crippen MR) is 104 cm³/mol. The summed E-state index contributed by atoms with van der Waals surface area (Å²) in [6, 6.07) is 10.6. The number of carbonyl (C=O) groups is 1. The Labute approximate surface area is 153 Å². The number of benzene rings is 1. The number of amides is 1. The van der Waals surface area contributed by atoms with Gasteiger partial charge in [0.2, 0.25) is 5.91 Å². The molecule has 140 valence electrons. The number of piperidine rings is 1. The van der Waals surface area contributed by atoms with Crippen molar-refractivity contribution < 1.29 is 9.53 Å². The molecule has 1 aromatic rings. The molecule has 1 aliphatic heterocycles. The summed E-state index contributed by atoms with van der Waals surface area (Å²) in [5, 5.41) is 0. The Morgan fingerprint density at radius 2 is 1.72 bits per heavy atom. The minimum Gasteiger partial charge on any atom is -0.370 e. The van der Waals surface area contributed by atoms with Crippen LogP contribution in [0.25, 0.3) is 0 Å². The molecule has 0 aromatic heterocycles. The smallest absolute Gasteiger partial charge is 0.219 e. The number of nitrogens with zero attached hydrogens (tertiary/aromatic N) is 1. The van der Waals surface area contributed by atoms with Gasteiger partial charge >= 0.3 is 0 Å². The van der Waals surface area contributed by atoms with Crippen LogP contribution in [-0.2, 0) is 9.53 Å². The molecule has 1 amide bonds. The van der Waals surface area contributed by atoms with Crippen LogP contribution >= 0.6 is 0 Å². The molecular formula is C22H35NO2. The number of unbranched alkanes of at least 4 members (excludes halogenated alkanes) is 5. The number of rotatable bonds is 10. The van der Waals surface area contributed by atoms with Crippen molar-refractivity contribution in [2.75, 3.05) is 13.1 Å². The van der Waals surface area contributed by atoms with Gasteiger partial charge in [-0.3, -0.25) is 4.79 Å². The molecule has 0 N–H and O–H groups in total. The van der Waals surface area contributed by atoms with Crippen molar-refractivity contribution in [3.8, 4) is 0 Å². The second-order valence-corrected chi connectivity index (χ2v) is 7.30. The standard InChI is InChI=1S/C22H35NO2/c1-3-4-5-6-7-11-14-22(20-12-9-8-10-13-20)25-21-15-17-23(18-16-21)19(2)24/h8-10,12-13,21-22H,3-7,11,14-18H2,1-2H3. The van der Waals surface area contributed by atoms with E-state index in [9.17, 15) is 4.79 Å². The van der Waals surface area contributed by atoms with Gasteiger partial charge in [0.05, 0.1) is 12.2 Å².